The third-order valence-corrected chi connectivity index (χ3v) is 5.14. The van der Waals surface area contributed by atoms with E-state index in [1.54, 1.807) is 0 Å². The van der Waals surface area contributed by atoms with Gasteiger partial charge in [0.2, 0.25) is 0 Å². The molecule has 3 aliphatic rings. The van der Waals surface area contributed by atoms with Crippen LogP contribution in [0, 0.1) is 5.92 Å². The molecule has 3 fully saturated rings. The second-order valence-electron chi connectivity index (χ2n) is 6.57. The van der Waals surface area contributed by atoms with Crippen molar-refractivity contribution in [2.45, 2.75) is 76.4 Å². The van der Waals surface area contributed by atoms with Crippen molar-refractivity contribution in [1.29, 1.82) is 0 Å². The number of hydrogen-bond acceptors (Lipinski definition) is 2. The van der Waals surface area contributed by atoms with E-state index < -0.39 is 0 Å². The largest absolute Gasteiger partial charge is 0.310 e. The summed E-state index contributed by atoms with van der Waals surface area (Å²) in [6.45, 7) is 5.09. The van der Waals surface area contributed by atoms with Gasteiger partial charge in [-0.05, 0) is 44.9 Å². The first kappa shape index (κ1) is 12.0. The molecule has 2 heteroatoms. The summed E-state index contributed by atoms with van der Waals surface area (Å²) in [6, 6.07) is 2.50. The van der Waals surface area contributed by atoms with Crippen LogP contribution in [0.4, 0.5) is 0 Å². The molecule has 0 amide bonds. The van der Waals surface area contributed by atoms with E-state index in [4.69, 9.17) is 0 Å². The molecule has 2 saturated carbocycles. The van der Waals surface area contributed by atoms with Crippen LogP contribution in [0.2, 0.25) is 0 Å². The fraction of sp³-hybridized carbons (Fsp3) is 1.00. The molecule has 1 heterocycles. The summed E-state index contributed by atoms with van der Waals surface area (Å²) >= 11 is 0. The van der Waals surface area contributed by atoms with Crippen LogP contribution in [0.25, 0.3) is 0 Å². The first-order valence-corrected chi connectivity index (χ1v) is 7.83. The minimum absolute atomic E-state index is 0.749. The van der Waals surface area contributed by atoms with Crippen LogP contribution in [0.3, 0.4) is 0 Å². The van der Waals surface area contributed by atoms with Gasteiger partial charge in [-0.2, -0.15) is 0 Å². The molecule has 0 aromatic rings. The normalized spacial score (nSPS) is 34.1. The number of nitrogens with zero attached hydrogens (tertiary/aromatic N) is 1. The summed E-state index contributed by atoms with van der Waals surface area (Å²) in [4.78, 5) is 2.71. The highest BCUT2D eigenvalue weighted by atomic mass is 15.2. The average Bonchev–Trinajstić information content (AvgIpc) is 3.12. The second kappa shape index (κ2) is 5.27. The van der Waals surface area contributed by atoms with Crippen molar-refractivity contribution in [2.24, 2.45) is 5.92 Å². The van der Waals surface area contributed by atoms with Crippen molar-refractivity contribution >= 4 is 0 Å². The lowest BCUT2D eigenvalue weighted by Crippen LogP contribution is -2.43. The molecule has 2 nitrogen and oxygen atoms in total. The van der Waals surface area contributed by atoms with E-state index in [1.807, 2.05) is 0 Å². The van der Waals surface area contributed by atoms with Gasteiger partial charge in [-0.25, -0.2) is 0 Å². The topological polar surface area (TPSA) is 15.3 Å². The van der Waals surface area contributed by atoms with Crippen LogP contribution in [0.5, 0.6) is 0 Å². The maximum Gasteiger partial charge on any atom is 0.0209 e. The first-order chi connectivity index (χ1) is 8.33. The minimum atomic E-state index is 0.749. The van der Waals surface area contributed by atoms with E-state index >= 15 is 0 Å². The van der Waals surface area contributed by atoms with Gasteiger partial charge in [0.15, 0.2) is 0 Å². The Balaban J connectivity index is 1.43. The van der Waals surface area contributed by atoms with Gasteiger partial charge in [0, 0.05) is 31.2 Å². The van der Waals surface area contributed by atoms with Gasteiger partial charge in [0.1, 0.15) is 0 Å². The van der Waals surface area contributed by atoms with Crippen molar-refractivity contribution in [3.8, 4) is 0 Å². The Kier molecular flexibility index (Phi) is 3.72. The van der Waals surface area contributed by atoms with Gasteiger partial charge in [0.25, 0.3) is 0 Å². The molecule has 1 N–H and O–H groups in total. The van der Waals surface area contributed by atoms with Crippen molar-refractivity contribution in [2.75, 3.05) is 13.1 Å². The lowest BCUT2D eigenvalue weighted by Gasteiger charge is -2.30. The third-order valence-electron chi connectivity index (χ3n) is 5.14. The maximum atomic E-state index is 3.92. The molecule has 0 aromatic carbocycles. The highest BCUT2D eigenvalue weighted by Gasteiger charge is 2.35. The van der Waals surface area contributed by atoms with Crippen molar-refractivity contribution < 1.29 is 0 Å². The molecule has 0 bridgehead atoms. The third kappa shape index (κ3) is 3.03. The summed E-state index contributed by atoms with van der Waals surface area (Å²) in [7, 11) is 0. The summed E-state index contributed by atoms with van der Waals surface area (Å²) < 4.78 is 0. The molecule has 2 aliphatic carbocycles. The molecular weight excluding hydrogens is 208 g/mol. The molecule has 1 aliphatic heterocycles. The second-order valence-corrected chi connectivity index (χ2v) is 6.57. The Morgan fingerprint density at radius 1 is 1.00 bits per heavy atom. The summed E-state index contributed by atoms with van der Waals surface area (Å²) in [5.41, 5.74) is 0. The summed E-state index contributed by atoms with van der Waals surface area (Å²) in [5.74, 6) is 0.957. The zero-order valence-electron chi connectivity index (χ0n) is 11.3. The highest BCUT2D eigenvalue weighted by Crippen LogP contribution is 2.31. The van der Waals surface area contributed by atoms with Crippen LogP contribution in [0.15, 0.2) is 0 Å². The predicted octanol–water partition coefficient (Wildman–Crippen LogP) is 2.78. The molecule has 0 aromatic heterocycles. The highest BCUT2D eigenvalue weighted by molar-refractivity contribution is 4.93. The summed E-state index contributed by atoms with van der Waals surface area (Å²) in [6.07, 6.45) is 11.6. The lowest BCUT2D eigenvalue weighted by atomic mass is 9.84. The monoisotopic (exact) mass is 236 g/mol. The SMILES string of the molecule is C[C@@H](NC1CCN(C2CC2)C1)C1CCCCC1. The Labute approximate surface area is 106 Å². The molecule has 98 valence electrons. The van der Waals surface area contributed by atoms with Crippen LogP contribution >= 0.6 is 0 Å². The number of rotatable bonds is 4. The smallest absolute Gasteiger partial charge is 0.0209 e. The fourth-order valence-corrected chi connectivity index (χ4v) is 3.84. The van der Waals surface area contributed by atoms with Crippen molar-refractivity contribution in [3.05, 3.63) is 0 Å². The van der Waals surface area contributed by atoms with Crippen LogP contribution in [-0.4, -0.2) is 36.1 Å². The Morgan fingerprint density at radius 2 is 1.76 bits per heavy atom. The Hall–Kier alpha value is -0.0800. The van der Waals surface area contributed by atoms with E-state index in [1.165, 1.54) is 64.5 Å². The van der Waals surface area contributed by atoms with Gasteiger partial charge in [0.05, 0.1) is 0 Å². The molecule has 0 spiro atoms. The number of likely N-dealkylation sites (tertiary alicyclic amines) is 1. The predicted molar refractivity (Wildman–Crippen MR) is 72.2 cm³/mol. The maximum absolute atomic E-state index is 3.92. The zero-order valence-corrected chi connectivity index (χ0v) is 11.3. The van der Waals surface area contributed by atoms with Crippen LogP contribution in [-0.2, 0) is 0 Å². The quantitative estimate of drug-likeness (QED) is 0.807. The number of hydrogen-bond donors (Lipinski definition) is 1. The van der Waals surface area contributed by atoms with Crippen LogP contribution < -0.4 is 5.32 Å². The molecule has 0 radical (unpaired) electrons. The van der Waals surface area contributed by atoms with Gasteiger partial charge in [-0.1, -0.05) is 19.3 Å². The van der Waals surface area contributed by atoms with Crippen molar-refractivity contribution in [1.82, 2.24) is 10.2 Å². The van der Waals surface area contributed by atoms with Crippen LogP contribution in [0.1, 0.15) is 58.3 Å². The van der Waals surface area contributed by atoms with E-state index in [-0.39, 0.29) is 0 Å². The molecule has 2 atom stereocenters. The average molecular weight is 236 g/mol. The molecule has 1 unspecified atom stereocenters. The fourth-order valence-electron chi connectivity index (χ4n) is 3.84. The van der Waals surface area contributed by atoms with E-state index in [9.17, 15) is 0 Å². The minimum Gasteiger partial charge on any atom is -0.310 e. The van der Waals surface area contributed by atoms with E-state index in [2.05, 4.69) is 17.1 Å². The van der Waals surface area contributed by atoms with E-state index in [0.717, 1.165) is 24.0 Å². The lowest BCUT2D eigenvalue weighted by molar-refractivity contribution is 0.256. The molecule has 3 rings (SSSR count). The van der Waals surface area contributed by atoms with Crippen molar-refractivity contribution in [3.63, 3.8) is 0 Å². The first-order valence-electron chi connectivity index (χ1n) is 7.83. The van der Waals surface area contributed by atoms with Gasteiger partial charge >= 0.3 is 0 Å². The Morgan fingerprint density at radius 3 is 2.47 bits per heavy atom. The zero-order chi connectivity index (χ0) is 11.7. The molecule has 17 heavy (non-hydrogen) atoms. The van der Waals surface area contributed by atoms with Gasteiger partial charge in [-0.3, -0.25) is 4.90 Å². The standard InChI is InChI=1S/C15H28N2/c1-12(13-5-3-2-4-6-13)16-14-9-10-17(11-14)15-7-8-15/h12-16H,2-11H2,1H3/t12-,14?/m1/s1. The molecular formula is C15H28N2. The van der Waals surface area contributed by atoms with E-state index in [0.29, 0.717) is 0 Å². The Bertz CT molecular complexity index is 243. The number of nitrogens with one attached hydrogen (secondary N) is 1. The summed E-state index contributed by atoms with van der Waals surface area (Å²) in [5, 5.41) is 3.92. The van der Waals surface area contributed by atoms with Gasteiger partial charge in [-0.15, -0.1) is 0 Å². The molecule has 1 saturated heterocycles. The van der Waals surface area contributed by atoms with Gasteiger partial charge < -0.3 is 5.32 Å².